The van der Waals surface area contributed by atoms with Crippen LogP contribution in [-0.4, -0.2) is 66.1 Å². The van der Waals surface area contributed by atoms with E-state index in [9.17, 15) is 4.79 Å². The van der Waals surface area contributed by atoms with Crippen LogP contribution in [0.2, 0.25) is 0 Å². The Balaban J connectivity index is 1.43. The minimum Gasteiger partial charge on any atom is -0.474 e. The standard InChI is InChI=1S/C20H27N5O2/c1-14(2)27-20-17-10-16(3-4-18(17)22-13-23-20)25-7-5-24(6-8-25)12-15-9-19(26)21-11-15/h3-4,10,13-15H,5-9,11-12H2,1-2H3,(H,21,26). The van der Waals surface area contributed by atoms with E-state index in [1.54, 1.807) is 6.33 Å². The van der Waals surface area contributed by atoms with Crippen LogP contribution in [0.4, 0.5) is 5.69 Å². The number of anilines is 1. The van der Waals surface area contributed by atoms with Gasteiger partial charge in [-0.05, 0) is 38.0 Å². The number of hydrogen-bond acceptors (Lipinski definition) is 6. The lowest BCUT2D eigenvalue weighted by molar-refractivity contribution is -0.119. The summed E-state index contributed by atoms with van der Waals surface area (Å²) >= 11 is 0. The normalized spacial score (nSPS) is 21.1. The van der Waals surface area contributed by atoms with Crippen LogP contribution in [-0.2, 0) is 4.79 Å². The highest BCUT2D eigenvalue weighted by Gasteiger charge is 2.26. The molecule has 27 heavy (non-hydrogen) atoms. The first-order chi connectivity index (χ1) is 13.1. The monoisotopic (exact) mass is 369 g/mol. The number of aromatic nitrogens is 2. The van der Waals surface area contributed by atoms with Crippen molar-refractivity contribution >= 4 is 22.5 Å². The zero-order valence-corrected chi connectivity index (χ0v) is 16.0. The van der Waals surface area contributed by atoms with E-state index in [4.69, 9.17) is 4.74 Å². The molecule has 2 aromatic rings. The van der Waals surface area contributed by atoms with Crippen LogP contribution in [0.3, 0.4) is 0 Å². The Hall–Kier alpha value is -2.41. The summed E-state index contributed by atoms with van der Waals surface area (Å²) in [5.74, 6) is 1.29. The van der Waals surface area contributed by atoms with E-state index in [0.717, 1.165) is 50.2 Å². The third-order valence-electron chi connectivity index (χ3n) is 5.25. The number of carbonyl (C=O) groups is 1. The maximum absolute atomic E-state index is 11.4. The molecule has 1 atom stereocenters. The smallest absolute Gasteiger partial charge is 0.224 e. The van der Waals surface area contributed by atoms with Crippen molar-refractivity contribution in [1.29, 1.82) is 0 Å². The number of ether oxygens (including phenoxy) is 1. The zero-order valence-electron chi connectivity index (χ0n) is 16.0. The van der Waals surface area contributed by atoms with E-state index >= 15 is 0 Å². The first-order valence-corrected chi connectivity index (χ1v) is 9.74. The van der Waals surface area contributed by atoms with Crippen molar-refractivity contribution in [2.45, 2.75) is 26.4 Å². The number of benzene rings is 1. The van der Waals surface area contributed by atoms with Gasteiger partial charge in [0.05, 0.1) is 17.0 Å². The van der Waals surface area contributed by atoms with E-state index < -0.39 is 0 Å². The van der Waals surface area contributed by atoms with Gasteiger partial charge in [0.15, 0.2) is 0 Å². The van der Waals surface area contributed by atoms with Gasteiger partial charge in [-0.2, -0.15) is 0 Å². The number of nitrogens with zero attached hydrogens (tertiary/aromatic N) is 4. The second-order valence-electron chi connectivity index (χ2n) is 7.71. The van der Waals surface area contributed by atoms with E-state index in [2.05, 4.69) is 37.2 Å². The molecule has 1 amide bonds. The Labute approximate surface area is 159 Å². The molecule has 144 valence electrons. The first-order valence-electron chi connectivity index (χ1n) is 9.74. The van der Waals surface area contributed by atoms with Crippen molar-refractivity contribution in [1.82, 2.24) is 20.2 Å². The third kappa shape index (κ3) is 4.13. The number of hydrogen-bond donors (Lipinski definition) is 1. The van der Waals surface area contributed by atoms with Gasteiger partial charge >= 0.3 is 0 Å². The predicted octanol–water partition coefficient (Wildman–Crippen LogP) is 1.68. The molecule has 4 rings (SSSR count). The average Bonchev–Trinajstić information content (AvgIpc) is 3.07. The van der Waals surface area contributed by atoms with E-state index in [1.165, 1.54) is 5.69 Å². The van der Waals surface area contributed by atoms with Crippen LogP contribution in [0.1, 0.15) is 20.3 Å². The molecule has 0 aliphatic carbocycles. The molecule has 0 saturated carbocycles. The van der Waals surface area contributed by atoms with Gasteiger partial charge < -0.3 is 15.0 Å². The molecular formula is C20H27N5O2. The number of fused-ring (bicyclic) bond motifs is 1. The Morgan fingerprint density at radius 2 is 2.04 bits per heavy atom. The molecule has 2 aliphatic rings. The molecule has 3 heterocycles. The predicted molar refractivity (Wildman–Crippen MR) is 105 cm³/mol. The molecule has 0 bridgehead atoms. The van der Waals surface area contributed by atoms with Gasteiger partial charge in [0.25, 0.3) is 0 Å². The van der Waals surface area contributed by atoms with E-state index in [0.29, 0.717) is 18.2 Å². The number of nitrogens with one attached hydrogen (secondary N) is 1. The lowest BCUT2D eigenvalue weighted by Crippen LogP contribution is -2.48. The van der Waals surface area contributed by atoms with Crippen molar-refractivity contribution < 1.29 is 9.53 Å². The molecule has 7 heteroatoms. The van der Waals surface area contributed by atoms with Crippen molar-refractivity contribution in [2.24, 2.45) is 5.92 Å². The molecule has 2 fully saturated rings. The van der Waals surface area contributed by atoms with Gasteiger partial charge in [-0.15, -0.1) is 0 Å². The summed E-state index contributed by atoms with van der Waals surface area (Å²) in [7, 11) is 0. The van der Waals surface area contributed by atoms with Gasteiger partial charge in [-0.1, -0.05) is 0 Å². The molecule has 0 radical (unpaired) electrons. The van der Waals surface area contributed by atoms with Gasteiger partial charge in [-0.3, -0.25) is 9.69 Å². The summed E-state index contributed by atoms with van der Waals surface area (Å²) in [5, 5.41) is 3.89. The third-order valence-corrected chi connectivity index (χ3v) is 5.25. The topological polar surface area (TPSA) is 70.6 Å². The van der Waals surface area contributed by atoms with Gasteiger partial charge in [0, 0.05) is 51.4 Å². The van der Waals surface area contributed by atoms with Crippen molar-refractivity contribution in [3.8, 4) is 5.88 Å². The summed E-state index contributed by atoms with van der Waals surface area (Å²) in [6.07, 6.45) is 2.30. The fraction of sp³-hybridized carbons (Fsp3) is 0.550. The van der Waals surface area contributed by atoms with E-state index in [1.807, 2.05) is 19.9 Å². The van der Waals surface area contributed by atoms with Gasteiger partial charge in [0.2, 0.25) is 11.8 Å². The summed E-state index contributed by atoms with van der Waals surface area (Å²) in [6.45, 7) is 9.83. The van der Waals surface area contributed by atoms with Crippen LogP contribution in [0.5, 0.6) is 5.88 Å². The summed E-state index contributed by atoms with van der Waals surface area (Å²) < 4.78 is 5.86. The van der Waals surface area contributed by atoms with Gasteiger partial charge in [0.1, 0.15) is 6.33 Å². The van der Waals surface area contributed by atoms with Crippen LogP contribution in [0, 0.1) is 5.92 Å². The number of rotatable bonds is 5. The number of piperazine rings is 1. The second-order valence-corrected chi connectivity index (χ2v) is 7.71. The molecule has 0 spiro atoms. The van der Waals surface area contributed by atoms with Crippen LogP contribution in [0.25, 0.3) is 10.9 Å². The molecule has 1 N–H and O–H groups in total. The zero-order chi connectivity index (χ0) is 18.8. The minimum absolute atomic E-state index is 0.0762. The fourth-order valence-corrected chi connectivity index (χ4v) is 3.88. The average molecular weight is 369 g/mol. The summed E-state index contributed by atoms with van der Waals surface area (Å²) in [5.41, 5.74) is 2.09. The minimum atomic E-state index is 0.0762. The van der Waals surface area contributed by atoms with E-state index in [-0.39, 0.29) is 12.0 Å². The second kappa shape index (κ2) is 7.68. The van der Waals surface area contributed by atoms with Crippen molar-refractivity contribution in [2.75, 3.05) is 44.2 Å². The number of carbonyl (C=O) groups excluding carboxylic acids is 1. The quantitative estimate of drug-likeness (QED) is 0.865. The molecule has 1 aromatic heterocycles. The van der Waals surface area contributed by atoms with Crippen LogP contribution in [0.15, 0.2) is 24.5 Å². The largest absolute Gasteiger partial charge is 0.474 e. The van der Waals surface area contributed by atoms with Crippen LogP contribution < -0.4 is 15.0 Å². The van der Waals surface area contributed by atoms with Crippen LogP contribution >= 0.6 is 0 Å². The van der Waals surface area contributed by atoms with Gasteiger partial charge in [-0.25, -0.2) is 9.97 Å². The lowest BCUT2D eigenvalue weighted by atomic mass is 10.1. The highest BCUT2D eigenvalue weighted by Crippen LogP contribution is 2.28. The Bertz CT molecular complexity index is 817. The lowest BCUT2D eigenvalue weighted by Gasteiger charge is -2.37. The maximum atomic E-state index is 11.4. The summed E-state index contributed by atoms with van der Waals surface area (Å²) in [6, 6.07) is 6.31. The van der Waals surface area contributed by atoms with Crippen molar-refractivity contribution in [3.63, 3.8) is 0 Å². The SMILES string of the molecule is CC(C)Oc1ncnc2ccc(N3CCN(CC4CNC(=O)C4)CC3)cc12. The first kappa shape index (κ1) is 18.0. The highest BCUT2D eigenvalue weighted by atomic mass is 16.5. The Morgan fingerprint density at radius 3 is 2.74 bits per heavy atom. The molecule has 1 aromatic carbocycles. The molecule has 2 aliphatic heterocycles. The molecule has 2 saturated heterocycles. The fourth-order valence-electron chi connectivity index (χ4n) is 3.88. The molecule has 7 nitrogen and oxygen atoms in total. The molecule has 1 unspecified atom stereocenters. The maximum Gasteiger partial charge on any atom is 0.224 e. The summed E-state index contributed by atoms with van der Waals surface area (Å²) in [4.78, 5) is 24.9. The number of amides is 1. The Morgan fingerprint density at radius 1 is 1.22 bits per heavy atom. The van der Waals surface area contributed by atoms with Crippen molar-refractivity contribution in [3.05, 3.63) is 24.5 Å². The highest BCUT2D eigenvalue weighted by molar-refractivity contribution is 5.86. The molecular weight excluding hydrogens is 342 g/mol. The Kier molecular flexibility index (Phi) is 5.11.